The van der Waals surface area contributed by atoms with Crippen LogP contribution in [0.3, 0.4) is 0 Å². The van der Waals surface area contributed by atoms with Gasteiger partial charge in [-0.1, -0.05) is 32.0 Å². The van der Waals surface area contributed by atoms with Crippen molar-refractivity contribution in [3.63, 3.8) is 0 Å². The van der Waals surface area contributed by atoms with Gasteiger partial charge in [-0.25, -0.2) is 4.79 Å². The Hall–Kier alpha value is -1.97. The van der Waals surface area contributed by atoms with Crippen molar-refractivity contribution in [1.82, 2.24) is 15.6 Å². The fourth-order valence-corrected chi connectivity index (χ4v) is 2.34. The monoisotopic (exact) mass is 273 g/mol. The molecule has 0 bridgehead atoms. The normalized spacial score (nSPS) is 11.8. The number of amides is 2. The summed E-state index contributed by atoms with van der Waals surface area (Å²) in [5.74, 6) is 0. The van der Waals surface area contributed by atoms with Crippen LogP contribution in [0.4, 0.5) is 4.79 Å². The molecule has 2 amide bonds. The number of urea groups is 1. The van der Waals surface area contributed by atoms with E-state index in [0.717, 1.165) is 5.52 Å². The Morgan fingerprint density at radius 2 is 2.00 bits per heavy atom. The van der Waals surface area contributed by atoms with Gasteiger partial charge in [0.2, 0.25) is 0 Å². The SMILES string of the molecule is CC(C)NC(=O)NCC(C)(C)c1c[nH]c2ccccc12. The molecule has 1 heterocycles. The van der Waals surface area contributed by atoms with Crippen molar-refractivity contribution >= 4 is 16.9 Å². The summed E-state index contributed by atoms with van der Waals surface area (Å²) in [6, 6.07) is 8.25. The van der Waals surface area contributed by atoms with Crippen LogP contribution >= 0.6 is 0 Å². The fraction of sp³-hybridized carbons (Fsp3) is 0.438. The highest BCUT2D eigenvalue weighted by atomic mass is 16.2. The van der Waals surface area contributed by atoms with E-state index in [4.69, 9.17) is 0 Å². The molecule has 20 heavy (non-hydrogen) atoms. The van der Waals surface area contributed by atoms with Gasteiger partial charge in [0, 0.05) is 35.1 Å². The summed E-state index contributed by atoms with van der Waals surface area (Å²) in [6.07, 6.45) is 2.03. The third-order valence-electron chi connectivity index (χ3n) is 3.43. The summed E-state index contributed by atoms with van der Waals surface area (Å²) in [5.41, 5.74) is 2.22. The highest BCUT2D eigenvalue weighted by Gasteiger charge is 2.24. The fourth-order valence-electron chi connectivity index (χ4n) is 2.34. The van der Waals surface area contributed by atoms with E-state index in [-0.39, 0.29) is 17.5 Å². The zero-order valence-corrected chi connectivity index (χ0v) is 12.6. The molecule has 0 aliphatic heterocycles. The minimum atomic E-state index is -0.131. The van der Waals surface area contributed by atoms with E-state index < -0.39 is 0 Å². The summed E-state index contributed by atoms with van der Waals surface area (Å²) in [7, 11) is 0. The molecule has 1 aromatic carbocycles. The summed E-state index contributed by atoms with van der Waals surface area (Å²) in [4.78, 5) is 15.0. The second-order valence-electron chi connectivity index (χ2n) is 6.11. The van der Waals surface area contributed by atoms with Gasteiger partial charge in [0.15, 0.2) is 0 Å². The Kier molecular flexibility index (Phi) is 4.02. The molecule has 0 aliphatic rings. The quantitative estimate of drug-likeness (QED) is 0.787. The van der Waals surface area contributed by atoms with Crippen LogP contribution in [0.1, 0.15) is 33.3 Å². The van der Waals surface area contributed by atoms with Gasteiger partial charge < -0.3 is 15.6 Å². The van der Waals surface area contributed by atoms with E-state index in [1.54, 1.807) is 0 Å². The second-order valence-corrected chi connectivity index (χ2v) is 6.11. The lowest BCUT2D eigenvalue weighted by Gasteiger charge is -2.25. The van der Waals surface area contributed by atoms with Crippen molar-refractivity contribution in [3.8, 4) is 0 Å². The third-order valence-corrected chi connectivity index (χ3v) is 3.43. The number of benzene rings is 1. The number of aromatic amines is 1. The first-order valence-electron chi connectivity index (χ1n) is 7.01. The average molecular weight is 273 g/mol. The molecule has 0 atom stereocenters. The number of hydrogen-bond donors (Lipinski definition) is 3. The van der Waals surface area contributed by atoms with E-state index in [0.29, 0.717) is 6.54 Å². The van der Waals surface area contributed by atoms with E-state index in [9.17, 15) is 4.79 Å². The van der Waals surface area contributed by atoms with Crippen LogP contribution in [0, 0.1) is 0 Å². The van der Waals surface area contributed by atoms with Gasteiger partial charge in [-0.3, -0.25) is 0 Å². The molecule has 2 rings (SSSR count). The van der Waals surface area contributed by atoms with Crippen LogP contribution in [-0.4, -0.2) is 23.6 Å². The van der Waals surface area contributed by atoms with Crippen LogP contribution in [0.15, 0.2) is 30.5 Å². The Balaban J connectivity index is 2.12. The highest BCUT2D eigenvalue weighted by Crippen LogP contribution is 2.29. The van der Waals surface area contributed by atoms with Gasteiger partial charge in [0.1, 0.15) is 0 Å². The maximum Gasteiger partial charge on any atom is 0.315 e. The summed E-state index contributed by atoms with van der Waals surface area (Å²) >= 11 is 0. The predicted molar refractivity (Wildman–Crippen MR) is 83.0 cm³/mol. The van der Waals surface area contributed by atoms with Crippen LogP contribution in [0.5, 0.6) is 0 Å². The van der Waals surface area contributed by atoms with Crippen LogP contribution < -0.4 is 10.6 Å². The number of H-pyrrole nitrogens is 1. The minimum Gasteiger partial charge on any atom is -0.361 e. The Morgan fingerprint density at radius 1 is 1.30 bits per heavy atom. The van der Waals surface area contributed by atoms with Crippen molar-refractivity contribution in [2.45, 2.75) is 39.2 Å². The van der Waals surface area contributed by atoms with E-state index >= 15 is 0 Å². The molecular formula is C16H23N3O. The van der Waals surface area contributed by atoms with Crippen LogP contribution in [0.25, 0.3) is 10.9 Å². The molecule has 0 aliphatic carbocycles. The predicted octanol–water partition coefficient (Wildman–Crippen LogP) is 3.15. The summed E-state index contributed by atoms with van der Waals surface area (Å²) in [5, 5.41) is 6.99. The number of fused-ring (bicyclic) bond motifs is 1. The van der Waals surface area contributed by atoms with Crippen molar-refractivity contribution in [2.75, 3.05) is 6.54 Å². The largest absolute Gasteiger partial charge is 0.361 e. The standard InChI is InChI=1S/C16H23N3O/c1-11(2)19-15(20)18-10-16(3,4)13-9-17-14-8-6-5-7-12(13)14/h5-9,11,17H,10H2,1-4H3,(H2,18,19,20). The van der Waals surface area contributed by atoms with Crippen molar-refractivity contribution in [2.24, 2.45) is 0 Å². The Bertz CT molecular complexity index is 599. The van der Waals surface area contributed by atoms with Gasteiger partial charge in [0.25, 0.3) is 0 Å². The highest BCUT2D eigenvalue weighted by molar-refractivity contribution is 5.84. The van der Waals surface area contributed by atoms with E-state index in [1.807, 2.05) is 32.2 Å². The lowest BCUT2D eigenvalue weighted by atomic mass is 9.84. The molecule has 108 valence electrons. The number of para-hydroxylation sites is 1. The molecule has 0 spiro atoms. The van der Waals surface area contributed by atoms with Gasteiger partial charge >= 0.3 is 6.03 Å². The smallest absolute Gasteiger partial charge is 0.315 e. The van der Waals surface area contributed by atoms with Gasteiger partial charge in [-0.15, -0.1) is 0 Å². The lowest BCUT2D eigenvalue weighted by molar-refractivity contribution is 0.236. The van der Waals surface area contributed by atoms with E-state index in [2.05, 4.69) is 41.6 Å². The zero-order valence-electron chi connectivity index (χ0n) is 12.6. The molecule has 4 nitrogen and oxygen atoms in total. The zero-order chi connectivity index (χ0) is 14.8. The van der Waals surface area contributed by atoms with Crippen molar-refractivity contribution in [3.05, 3.63) is 36.0 Å². The van der Waals surface area contributed by atoms with Gasteiger partial charge in [-0.2, -0.15) is 0 Å². The topological polar surface area (TPSA) is 56.9 Å². The number of hydrogen-bond acceptors (Lipinski definition) is 1. The molecular weight excluding hydrogens is 250 g/mol. The minimum absolute atomic E-state index is 0.118. The number of aromatic nitrogens is 1. The first kappa shape index (κ1) is 14.4. The lowest BCUT2D eigenvalue weighted by Crippen LogP contribution is -2.44. The Morgan fingerprint density at radius 3 is 2.70 bits per heavy atom. The molecule has 0 fully saturated rings. The first-order chi connectivity index (χ1) is 9.40. The summed E-state index contributed by atoms with van der Waals surface area (Å²) < 4.78 is 0. The third kappa shape index (κ3) is 3.13. The number of carbonyl (C=O) groups is 1. The average Bonchev–Trinajstić information content (AvgIpc) is 2.80. The van der Waals surface area contributed by atoms with Gasteiger partial charge in [0.05, 0.1) is 0 Å². The van der Waals surface area contributed by atoms with Crippen molar-refractivity contribution < 1.29 is 4.79 Å². The molecule has 3 N–H and O–H groups in total. The molecule has 4 heteroatoms. The molecule has 0 saturated heterocycles. The van der Waals surface area contributed by atoms with Gasteiger partial charge in [-0.05, 0) is 25.5 Å². The molecule has 2 aromatic rings. The van der Waals surface area contributed by atoms with Crippen LogP contribution in [0.2, 0.25) is 0 Å². The molecule has 0 saturated carbocycles. The van der Waals surface area contributed by atoms with Crippen LogP contribution in [-0.2, 0) is 5.41 Å². The number of nitrogens with one attached hydrogen (secondary N) is 3. The number of rotatable bonds is 4. The molecule has 0 unspecified atom stereocenters. The second kappa shape index (κ2) is 5.57. The summed E-state index contributed by atoms with van der Waals surface area (Å²) in [6.45, 7) is 8.76. The van der Waals surface area contributed by atoms with E-state index in [1.165, 1.54) is 10.9 Å². The maximum absolute atomic E-state index is 11.7. The molecule has 0 radical (unpaired) electrons. The van der Waals surface area contributed by atoms with Crippen molar-refractivity contribution in [1.29, 1.82) is 0 Å². The Labute approximate surface area is 120 Å². The number of carbonyl (C=O) groups excluding carboxylic acids is 1. The first-order valence-corrected chi connectivity index (χ1v) is 7.01. The maximum atomic E-state index is 11.7. The molecule has 1 aromatic heterocycles.